The molecule has 0 aliphatic carbocycles. The van der Waals surface area contributed by atoms with E-state index in [1.54, 1.807) is 6.07 Å². The maximum Gasteiger partial charge on any atom is 0.321 e. The summed E-state index contributed by atoms with van der Waals surface area (Å²) in [6.45, 7) is 5.07. The van der Waals surface area contributed by atoms with Crippen LogP contribution in [0.5, 0.6) is 0 Å². The first-order chi connectivity index (χ1) is 11.0. The van der Waals surface area contributed by atoms with Crippen molar-refractivity contribution >= 4 is 5.97 Å². The van der Waals surface area contributed by atoms with E-state index in [0.717, 1.165) is 18.4 Å². The van der Waals surface area contributed by atoms with Gasteiger partial charge in [0.25, 0.3) is 0 Å². The van der Waals surface area contributed by atoms with Crippen LogP contribution in [0.1, 0.15) is 38.2 Å². The zero-order valence-corrected chi connectivity index (χ0v) is 13.8. The number of carboxylic acids is 1. The number of halogens is 1. The minimum absolute atomic E-state index is 0.0209. The van der Waals surface area contributed by atoms with Gasteiger partial charge >= 0.3 is 5.97 Å². The SMILES string of the molecule is CCC(CC)[C@@H](C(=O)O)N1CC(CO)C(c2cccc(F)c2)C1. The van der Waals surface area contributed by atoms with Gasteiger partial charge in [0.15, 0.2) is 0 Å². The summed E-state index contributed by atoms with van der Waals surface area (Å²) in [6.07, 6.45) is 1.61. The minimum atomic E-state index is -0.810. The summed E-state index contributed by atoms with van der Waals surface area (Å²) in [5.74, 6) is -1.12. The first-order valence-corrected chi connectivity index (χ1v) is 8.34. The van der Waals surface area contributed by atoms with E-state index in [1.807, 2.05) is 24.8 Å². The molecule has 2 N–H and O–H groups in total. The second-order valence-corrected chi connectivity index (χ2v) is 6.42. The van der Waals surface area contributed by atoms with Gasteiger partial charge < -0.3 is 10.2 Å². The number of hydrogen-bond acceptors (Lipinski definition) is 3. The van der Waals surface area contributed by atoms with Crippen molar-refractivity contribution in [2.24, 2.45) is 11.8 Å². The molecule has 2 unspecified atom stereocenters. The molecule has 0 aromatic heterocycles. The number of benzene rings is 1. The smallest absolute Gasteiger partial charge is 0.321 e. The maximum absolute atomic E-state index is 13.5. The van der Waals surface area contributed by atoms with E-state index in [1.165, 1.54) is 12.1 Å². The van der Waals surface area contributed by atoms with E-state index in [0.29, 0.717) is 13.1 Å². The Labute approximate surface area is 136 Å². The molecule has 1 aromatic carbocycles. The van der Waals surface area contributed by atoms with Gasteiger partial charge in [-0.25, -0.2) is 4.39 Å². The monoisotopic (exact) mass is 323 g/mol. The topological polar surface area (TPSA) is 60.8 Å². The quantitative estimate of drug-likeness (QED) is 0.810. The predicted octanol–water partition coefficient (Wildman–Crippen LogP) is 2.72. The standard InChI is InChI=1S/C18H26FNO3/c1-3-12(4-2)17(18(22)23)20-9-14(11-21)16(10-20)13-6-5-7-15(19)8-13/h5-8,12,14,16-17,21H,3-4,9-11H2,1-2H3,(H,22,23)/t14?,16?,17-/m0/s1. The van der Waals surface area contributed by atoms with Crippen molar-refractivity contribution in [2.75, 3.05) is 19.7 Å². The van der Waals surface area contributed by atoms with Crippen LogP contribution in [-0.2, 0) is 4.79 Å². The molecular formula is C18H26FNO3. The molecule has 2 rings (SSSR count). The van der Waals surface area contributed by atoms with Gasteiger partial charge in [-0.1, -0.05) is 38.8 Å². The molecule has 128 valence electrons. The third-order valence-corrected chi connectivity index (χ3v) is 5.12. The molecule has 1 heterocycles. The number of rotatable bonds is 7. The van der Waals surface area contributed by atoms with E-state index < -0.39 is 12.0 Å². The van der Waals surface area contributed by atoms with E-state index in [2.05, 4.69) is 0 Å². The van der Waals surface area contributed by atoms with Crippen LogP contribution in [-0.4, -0.2) is 46.8 Å². The molecule has 0 amide bonds. The Morgan fingerprint density at radius 2 is 2.04 bits per heavy atom. The van der Waals surface area contributed by atoms with Gasteiger partial charge in [0.05, 0.1) is 0 Å². The Hall–Kier alpha value is -1.46. The average molecular weight is 323 g/mol. The molecule has 5 heteroatoms. The first kappa shape index (κ1) is 17.9. The van der Waals surface area contributed by atoms with Gasteiger partial charge in [0, 0.05) is 31.5 Å². The Morgan fingerprint density at radius 3 is 2.57 bits per heavy atom. The maximum atomic E-state index is 13.5. The van der Waals surface area contributed by atoms with Gasteiger partial charge in [-0.15, -0.1) is 0 Å². The Bertz CT molecular complexity index is 533. The van der Waals surface area contributed by atoms with Crippen LogP contribution < -0.4 is 0 Å². The Balaban J connectivity index is 2.24. The molecule has 3 atom stereocenters. The number of carbonyl (C=O) groups is 1. The molecular weight excluding hydrogens is 297 g/mol. The van der Waals surface area contributed by atoms with Crippen molar-refractivity contribution in [3.05, 3.63) is 35.6 Å². The highest BCUT2D eigenvalue weighted by molar-refractivity contribution is 5.74. The normalized spacial score (nSPS) is 23.3. The molecule has 1 aromatic rings. The fourth-order valence-corrected chi connectivity index (χ4v) is 3.82. The van der Waals surface area contributed by atoms with Crippen LogP contribution in [0.25, 0.3) is 0 Å². The highest BCUT2D eigenvalue weighted by Crippen LogP contribution is 2.35. The van der Waals surface area contributed by atoms with Crippen molar-refractivity contribution < 1.29 is 19.4 Å². The largest absolute Gasteiger partial charge is 0.480 e. The summed E-state index contributed by atoms with van der Waals surface area (Å²) in [5, 5.41) is 19.4. The third kappa shape index (κ3) is 3.90. The molecule has 0 spiro atoms. The van der Waals surface area contributed by atoms with Crippen molar-refractivity contribution in [3.63, 3.8) is 0 Å². The number of nitrogens with zero attached hydrogens (tertiary/aromatic N) is 1. The van der Waals surface area contributed by atoms with Gasteiger partial charge in [0.1, 0.15) is 11.9 Å². The Kier molecular flexibility index (Phi) is 6.13. The number of hydrogen-bond donors (Lipinski definition) is 2. The van der Waals surface area contributed by atoms with Gasteiger partial charge in [-0.05, 0) is 23.6 Å². The number of aliphatic hydroxyl groups excluding tert-OH is 1. The number of carboxylic acid groups (broad SMARTS) is 1. The summed E-state index contributed by atoms with van der Waals surface area (Å²) < 4.78 is 13.5. The van der Waals surface area contributed by atoms with Gasteiger partial charge in [-0.3, -0.25) is 9.69 Å². The summed E-state index contributed by atoms with van der Waals surface area (Å²) in [6, 6.07) is 5.86. The van der Waals surface area contributed by atoms with E-state index >= 15 is 0 Å². The Morgan fingerprint density at radius 1 is 1.35 bits per heavy atom. The van der Waals surface area contributed by atoms with Crippen molar-refractivity contribution in [2.45, 2.75) is 38.6 Å². The number of aliphatic hydroxyl groups is 1. The van der Waals surface area contributed by atoms with E-state index in [9.17, 15) is 19.4 Å². The molecule has 1 aliphatic heterocycles. The molecule has 0 saturated carbocycles. The molecule has 0 bridgehead atoms. The molecule has 1 aliphatic rings. The summed E-state index contributed by atoms with van der Waals surface area (Å²) in [4.78, 5) is 13.7. The fraction of sp³-hybridized carbons (Fsp3) is 0.611. The average Bonchev–Trinajstić information content (AvgIpc) is 2.95. The summed E-state index contributed by atoms with van der Waals surface area (Å²) >= 11 is 0. The van der Waals surface area contributed by atoms with Crippen molar-refractivity contribution in [1.29, 1.82) is 0 Å². The lowest BCUT2D eigenvalue weighted by Crippen LogP contribution is -2.45. The minimum Gasteiger partial charge on any atom is -0.480 e. The second-order valence-electron chi connectivity index (χ2n) is 6.42. The lowest BCUT2D eigenvalue weighted by atomic mass is 9.89. The second kappa shape index (κ2) is 7.88. The zero-order chi connectivity index (χ0) is 17.0. The third-order valence-electron chi connectivity index (χ3n) is 5.12. The number of likely N-dealkylation sites (tertiary alicyclic amines) is 1. The van der Waals surface area contributed by atoms with Crippen LogP contribution >= 0.6 is 0 Å². The van der Waals surface area contributed by atoms with Crippen LogP contribution in [0.15, 0.2) is 24.3 Å². The van der Waals surface area contributed by atoms with E-state index in [-0.39, 0.29) is 30.2 Å². The molecule has 23 heavy (non-hydrogen) atoms. The van der Waals surface area contributed by atoms with Crippen molar-refractivity contribution in [3.8, 4) is 0 Å². The molecule has 1 fully saturated rings. The fourth-order valence-electron chi connectivity index (χ4n) is 3.82. The highest BCUT2D eigenvalue weighted by Gasteiger charge is 2.41. The highest BCUT2D eigenvalue weighted by atomic mass is 19.1. The van der Waals surface area contributed by atoms with Crippen LogP contribution in [0.2, 0.25) is 0 Å². The van der Waals surface area contributed by atoms with Crippen molar-refractivity contribution in [1.82, 2.24) is 4.90 Å². The molecule has 1 saturated heterocycles. The van der Waals surface area contributed by atoms with Crippen LogP contribution in [0.4, 0.5) is 4.39 Å². The lowest BCUT2D eigenvalue weighted by molar-refractivity contribution is -0.145. The summed E-state index contributed by atoms with van der Waals surface area (Å²) in [7, 11) is 0. The predicted molar refractivity (Wildman–Crippen MR) is 86.8 cm³/mol. The first-order valence-electron chi connectivity index (χ1n) is 8.34. The van der Waals surface area contributed by atoms with Crippen LogP contribution in [0, 0.1) is 17.7 Å². The summed E-state index contributed by atoms with van der Waals surface area (Å²) in [5.41, 5.74) is 0.834. The number of aliphatic carboxylic acids is 1. The van der Waals surface area contributed by atoms with Gasteiger partial charge in [0.2, 0.25) is 0 Å². The zero-order valence-electron chi connectivity index (χ0n) is 13.8. The van der Waals surface area contributed by atoms with Gasteiger partial charge in [-0.2, -0.15) is 0 Å². The van der Waals surface area contributed by atoms with E-state index in [4.69, 9.17) is 0 Å². The van der Waals surface area contributed by atoms with Crippen LogP contribution in [0.3, 0.4) is 0 Å². The molecule has 0 radical (unpaired) electrons. The lowest BCUT2D eigenvalue weighted by Gasteiger charge is -2.30. The molecule has 4 nitrogen and oxygen atoms in total.